The third kappa shape index (κ3) is 6.84. The lowest BCUT2D eigenvalue weighted by Gasteiger charge is -2.19. The molecule has 2 rings (SSSR count). The molecular weight excluding hydrogens is 294 g/mol. The molecule has 0 heterocycles. The van der Waals surface area contributed by atoms with Gasteiger partial charge in [0.2, 0.25) is 0 Å². The maximum Gasteiger partial charge on any atom is 0.137 e. The molecule has 0 aromatic heterocycles. The standard InChI is InChI=1S/C18H23NO.2C2H6/c1-3-15-6-4-5-7-18(15)16-10-8-14(9-11-16)12-17(13-20)19-2;2*1-2/h4-8,10,13,17,19H,3,9,11-12H2,1-2H3;2*1-2H3/t17-;;/m0../s1. The Balaban J connectivity index is 0.00000123. The van der Waals surface area contributed by atoms with E-state index in [1.165, 1.54) is 22.3 Å². The number of hydrogen-bond donors (Lipinski definition) is 1. The van der Waals surface area contributed by atoms with Gasteiger partial charge in [0.05, 0.1) is 6.04 Å². The maximum absolute atomic E-state index is 10.9. The summed E-state index contributed by atoms with van der Waals surface area (Å²) in [5.74, 6) is 0. The second kappa shape index (κ2) is 13.7. The predicted octanol–water partition coefficient (Wildman–Crippen LogP) is 5.58. The first-order valence-corrected chi connectivity index (χ1v) is 9.38. The zero-order chi connectivity index (χ0) is 18.4. The van der Waals surface area contributed by atoms with E-state index in [-0.39, 0.29) is 6.04 Å². The third-order valence-corrected chi connectivity index (χ3v) is 4.00. The summed E-state index contributed by atoms with van der Waals surface area (Å²) in [6, 6.07) is 8.58. The molecule has 0 unspecified atom stereocenters. The van der Waals surface area contributed by atoms with Crippen LogP contribution in [0.4, 0.5) is 0 Å². The smallest absolute Gasteiger partial charge is 0.137 e. The van der Waals surface area contributed by atoms with Crippen LogP contribution in [0.1, 0.15) is 65.0 Å². The lowest BCUT2D eigenvalue weighted by Crippen LogP contribution is -2.27. The van der Waals surface area contributed by atoms with Gasteiger partial charge in [-0.15, -0.1) is 0 Å². The van der Waals surface area contributed by atoms with E-state index in [0.717, 1.165) is 32.0 Å². The number of carbonyl (C=O) groups excluding carboxylic acids is 1. The first-order chi connectivity index (χ1) is 11.8. The number of carbonyl (C=O) groups is 1. The Bertz CT molecular complexity index is 529. The van der Waals surface area contributed by atoms with Gasteiger partial charge in [0.1, 0.15) is 6.29 Å². The third-order valence-electron chi connectivity index (χ3n) is 4.00. The second-order valence-electron chi connectivity index (χ2n) is 5.26. The lowest BCUT2D eigenvalue weighted by molar-refractivity contribution is -0.109. The Morgan fingerprint density at radius 3 is 2.25 bits per heavy atom. The predicted molar refractivity (Wildman–Crippen MR) is 107 cm³/mol. The molecule has 0 radical (unpaired) electrons. The van der Waals surface area contributed by atoms with Gasteiger partial charge in [-0.3, -0.25) is 0 Å². The number of aryl methyl sites for hydroxylation is 1. The van der Waals surface area contributed by atoms with Crippen LogP contribution >= 0.6 is 0 Å². The number of aldehydes is 1. The van der Waals surface area contributed by atoms with Crippen LogP contribution in [0.5, 0.6) is 0 Å². The number of rotatable bonds is 6. The molecule has 24 heavy (non-hydrogen) atoms. The van der Waals surface area contributed by atoms with E-state index in [0.29, 0.717) is 0 Å². The first kappa shape index (κ1) is 22.3. The van der Waals surface area contributed by atoms with Crippen molar-refractivity contribution in [2.75, 3.05) is 7.05 Å². The van der Waals surface area contributed by atoms with Gasteiger partial charge in [0, 0.05) is 0 Å². The summed E-state index contributed by atoms with van der Waals surface area (Å²) in [5, 5.41) is 3.03. The molecule has 2 heteroatoms. The monoisotopic (exact) mass is 329 g/mol. The molecule has 0 fully saturated rings. The van der Waals surface area contributed by atoms with Crippen LogP contribution in [0, 0.1) is 0 Å². The first-order valence-electron chi connectivity index (χ1n) is 9.38. The highest BCUT2D eigenvalue weighted by Gasteiger charge is 2.13. The molecule has 0 bridgehead atoms. The molecule has 0 spiro atoms. The summed E-state index contributed by atoms with van der Waals surface area (Å²) < 4.78 is 0. The number of nitrogens with one attached hydrogen (secondary N) is 1. The fourth-order valence-electron chi connectivity index (χ4n) is 2.72. The van der Waals surface area contributed by atoms with Crippen LogP contribution in [-0.2, 0) is 11.2 Å². The van der Waals surface area contributed by atoms with E-state index in [4.69, 9.17) is 0 Å². The number of benzene rings is 1. The lowest BCUT2D eigenvalue weighted by atomic mass is 9.88. The van der Waals surface area contributed by atoms with E-state index >= 15 is 0 Å². The van der Waals surface area contributed by atoms with E-state index < -0.39 is 0 Å². The van der Waals surface area contributed by atoms with Gasteiger partial charge in [-0.05, 0) is 49.4 Å². The summed E-state index contributed by atoms with van der Waals surface area (Å²) >= 11 is 0. The normalized spacial score (nSPS) is 14.1. The molecule has 1 N–H and O–H groups in total. The van der Waals surface area contributed by atoms with Crippen LogP contribution in [-0.4, -0.2) is 19.4 Å². The van der Waals surface area contributed by atoms with E-state index in [1.807, 2.05) is 34.7 Å². The topological polar surface area (TPSA) is 29.1 Å². The molecule has 2 nitrogen and oxygen atoms in total. The number of likely N-dealkylation sites (N-methyl/N-ethyl adjacent to an activating group) is 1. The van der Waals surface area contributed by atoms with Crippen LogP contribution in [0.25, 0.3) is 5.57 Å². The highest BCUT2D eigenvalue weighted by Crippen LogP contribution is 2.30. The minimum Gasteiger partial charge on any atom is -0.311 e. The van der Waals surface area contributed by atoms with Crippen molar-refractivity contribution in [3.05, 3.63) is 53.1 Å². The minimum absolute atomic E-state index is 0.0564. The molecular formula is C22H35NO. The molecule has 1 atom stereocenters. The number of hydrogen-bond acceptors (Lipinski definition) is 2. The summed E-state index contributed by atoms with van der Waals surface area (Å²) in [7, 11) is 1.83. The second-order valence-corrected chi connectivity index (χ2v) is 5.26. The Labute approximate surface area is 149 Å². The Kier molecular flexibility index (Phi) is 12.8. The van der Waals surface area contributed by atoms with Gasteiger partial charge < -0.3 is 10.1 Å². The quantitative estimate of drug-likeness (QED) is 0.690. The summed E-state index contributed by atoms with van der Waals surface area (Å²) in [6.45, 7) is 10.2. The van der Waals surface area contributed by atoms with Crippen LogP contribution in [0.15, 0.2) is 42.0 Å². The van der Waals surface area contributed by atoms with Gasteiger partial charge >= 0.3 is 0 Å². The average molecular weight is 330 g/mol. The Hall–Kier alpha value is -1.67. The zero-order valence-corrected chi connectivity index (χ0v) is 16.4. The SMILES string of the molecule is CC.CC.CCc1ccccc1C1=CC=C(C[C@@H](C=O)NC)CC1. The summed E-state index contributed by atoms with van der Waals surface area (Å²) in [6.07, 6.45) is 9.42. The van der Waals surface area contributed by atoms with Gasteiger partial charge in [-0.2, -0.15) is 0 Å². The fraction of sp³-hybridized carbons (Fsp3) is 0.500. The van der Waals surface area contributed by atoms with E-state index in [9.17, 15) is 4.79 Å². The Morgan fingerprint density at radius 2 is 1.75 bits per heavy atom. The van der Waals surface area contributed by atoms with E-state index in [1.54, 1.807) is 0 Å². The maximum atomic E-state index is 10.9. The fourth-order valence-corrected chi connectivity index (χ4v) is 2.72. The molecule has 1 aromatic rings. The molecule has 1 aliphatic carbocycles. The molecule has 134 valence electrons. The van der Waals surface area contributed by atoms with Crippen molar-refractivity contribution < 1.29 is 4.79 Å². The van der Waals surface area contributed by atoms with Gasteiger partial charge in [-0.1, -0.05) is 76.6 Å². The van der Waals surface area contributed by atoms with Gasteiger partial charge in [0.25, 0.3) is 0 Å². The number of allylic oxidation sites excluding steroid dienone is 3. The molecule has 0 saturated carbocycles. The Morgan fingerprint density at radius 1 is 1.08 bits per heavy atom. The summed E-state index contributed by atoms with van der Waals surface area (Å²) in [4.78, 5) is 10.9. The molecule has 0 amide bonds. The van der Waals surface area contributed by atoms with Crippen molar-refractivity contribution in [1.29, 1.82) is 0 Å². The molecule has 0 saturated heterocycles. The van der Waals surface area contributed by atoms with Crippen molar-refractivity contribution in [1.82, 2.24) is 5.32 Å². The van der Waals surface area contributed by atoms with E-state index in [2.05, 4.69) is 48.7 Å². The minimum atomic E-state index is -0.0564. The van der Waals surface area contributed by atoms with Gasteiger partial charge in [0.15, 0.2) is 0 Å². The highest BCUT2D eigenvalue weighted by atomic mass is 16.1. The zero-order valence-electron chi connectivity index (χ0n) is 16.4. The van der Waals surface area contributed by atoms with Gasteiger partial charge in [-0.25, -0.2) is 0 Å². The molecule has 1 aromatic carbocycles. The largest absolute Gasteiger partial charge is 0.311 e. The molecule has 1 aliphatic rings. The highest BCUT2D eigenvalue weighted by molar-refractivity contribution is 5.71. The van der Waals surface area contributed by atoms with Crippen molar-refractivity contribution in [2.24, 2.45) is 0 Å². The van der Waals surface area contributed by atoms with Crippen LogP contribution < -0.4 is 5.32 Å². The van der Waals surface area contributed by atoms with Crippen molar-refractivity contribution in [3.63, 3.8) is 0 Å². The van der Waals surface area contributed by atoms with Crippen LogP contribution in [0.3, 0.4) is 0 Å². The van der Waals surface area contributed by atoms with Crippen LogP contribution in [0.2, 0.25) is 0 Å². The average Bonchev–Trinajstić information content (AvgIpc) is 2.69. The van der Waals surface area contributed by atoms with Crippen molar-refractivity contribution in [2.45, 2.75) is 66.3 Å². The molecule has 0 aliphatic heterocycles. The van der Waals surface area contributed by atoms with Crippen molar-refractivity contribution in [3.8, 4) is 0 Å². The van der Waals surface area contributed by atoms with Crippen molar-refractivity contribution >= 4 is 11.9 Å². The summed E-state index contributed by atoms with van der Waals surface area (Å²) in [5.41, 5.74) is 5.56.